The molecule has 17 atom stereocenters. The van der Waals surface area contributed by atoms with Crippen LogP contribution in [0.3, 0.4) is 0 Å². The monoisotopic (exact) mass is 1310 g/mol. The predicted octanol–water partition coefficient (Wildman–Crippen LogP) is 10.1. The van der Waals surface area contributed by atoms with Crippen LogP contribution in [0, 0.1) is 0 Å². The Balaban J connectivity index is 1.43. The Hall–Kier alpha value is -2.77. The predicted molar refractivity (Wildman–Crippen MR) is 360 cm³/mol. The summed E-state index contributed by atoms with van der Waals surface area (Å²) in [6, 6.07) is -0.996. The topological polar surface area (TPSA) is 307 Å². The van der Waals surface area contributed by atoms with Gasteiger partial charge in [0.2, 0.25) is 5.91 Å². The molecule has 3 aliphatic rings. The van der Waals surface area contributed by atoms with E-state index in [0.29, 0.717) is 6.42 Å². The first kappa shape index (κ1) is 83.5. The quantitative estimate of drug-likeness (QED) is 0.0199. The first-order chi connectivity index (χ1) is 44.8. The average molecular weight is 1310 g/mol. The fourth-order valence-electron chi connectivity index (χ4n) is 11.9. The Morgan fingerprint density at radius 1 is 0.402 bits per heavy atom. The van der Waals surface area contributed by atoms with Crippen LogP contribution < -0.4 is 5.32 Å². The number of ether oxygens (including phenoxy) is 6. The van der Waals surface area contributed by atoms with Crippen molar-refractivity contribution in [2.75, 3.05) is 26.4 Å². The van der Waals surface area contributed by atoms with Gasteiger partial charge in [-0.1, -0.05) is 254 Å². The van der Waals surface area contributed by atoms with Crippen LogP contribution >= 0.6 is 0 Å². The molecule has 0 bridgehead atoms. The van der Waals surface area contributed by atoms with Crippen molar-refractivity contribution in [2.24, 2.45) is 0 Å². The van der Waals surface area contributed by atoms with Crippen LogP contribution in [0.25, 0.3) is 0 Å². The molecule has 19 nitrogen and oxygen atoms in total. The zero-order valence-corrected chi connectivity index (χ0v) is 56.5. The van der Waals surface area contributed by atoms with Crippen LogP contribution in [0.2, 0.25) is 0 Å². The highest BCUT2D eigenvalue weighted by molar-refractivity contribution is 5.76. The van der Waals surface area contributed by atoms with E-state index in [1.807, 2.05) is 6.08 Å². The molecule has 0 aromatic rings. The number of unbranched alkanes of at least 4 members (excludes halogenated alkanes) is 29. The van der Waals surface area contributed by atoms with Gasteiger partial charge in [-0.2, -0.15) is 0 Å². The summed E-state index contributed by atoms with van der Waals surface area (Å²) in [6.45, 7) is 1.61. The smallest absolute Gasteiger partial charge is 0.220 e. The van der Waals surface area contributed by atoms with Crippen molar-refractivity contribution in [3.63, 3.8) is 0 Å². The number of rotatable bonds is 55. The van der Waals surface area contributed by atoms with Crippen molar-refractivity contribution < 1.29 is 89.4 Å². The van der Waals surface area contributed by atoms with Crippen LogP contribution in [0.15, 0.2) is 72.9 Å². The lowest BCUT2D eigenvalue weighted by molar-refractivity contribution is -0.379. The van der Waals surface area contributed by atoms with Gasteiger partial charge in [0.15, 0.2) is 18.9 Å². The molecule has 3 fully saturated rings. The van der Waals surface area contributed by atoms with Crippen molar-refractivity contribution in [3.8, 4) is 0 Å². The number of allylic oxidation sites excluding steroid dienone is 11. The first-order valence-electron chi connectivity index (χ1n) is 36.2. The SMILES string of the molecule is CC/C=C\C/C=C\C/C=C\C/C=C\C/C=C\CCCCCC(=O)NC(COC1OC(CO)C(OC2OC(CO)C(OC3OC(CO)C(O)C(O)C3O)C(O)C2O)C(O)C1O)C(O)/C=C/CCCCCCCCCCCCCCCCCCCCCCCCCCCC. The van der Waals surface area contributed by atoms with Gasteiger partial charge >= 0.3 is 0 Å². The zero-order valence-electron chi connectivity index (χ0n) is 56.5. The lowest BCUT2D eigenvalue weighted by Gasteiger charge is -2.48. The number of nitrogens with one attached hydrogen (secondary N) is 1. The fourth-order valence-corrected chi connectivity index (χ4v) is 11.9. The van der Waals surface area contributed by atoms with E-state index >= 15 is 0 Å². The molecule has 19 heteroatoms. The molecule has 534 valence electrons. The highest BCUT2D eigenvalue weighted by Gasteiger charge is 2.53. The van der Waals surface area contributed by atoms with Gasteiger partial charge in [-0.3, -0.25) is 4.79 Å². The summed E-state index contributed by atoms with van der Waals surface area (Å²) >= 11 is 0. The number of carbonyl (C=O) groups is 1. The minimum Gasteiger partial charge on any atom is -0.394 e. The summed E-state index contributed by atoms with van der Waals surface area (Å²) < 4.78 is 34.3. The molecule has 0 aromatic heterocycles. The molecular weight excluding hydrogens is 1180 g/mol. The van der Waals surface area contributed by atoms with E-state index in [0.717, 1.165) is 77.0 Å². The van der Waals surface area contributed by atoms with Crippen molar-refractivity contribution in [3.05, 3.63) is 72.9 Å². The standard InChI is InChI=1S/C73H129NO18/c1-3-5-7-9-11-13-15-17-19-21-23-24-25-26-27-28-29-30-31-33-34-36-38-40-42-44-46-48-50-57(78)56(74-61(79)51-49-47-45-43-41-39-37-35-32-22-20-18-16-14-12-10-8-6-4-2)55-87-71-67(85)64(82)69(59(53-76)89-71)92-73-68(86)65(83)70(60(54-77)90-73)91-72-66(84)63(81)62(80)58(52-75)88-72/h6,8,12,14,18,20,32,35,39,41,48,50,56-60,62-73,75-78,80-86H,3-5,7,9-11,13,15-17,19,21-31,33-34,36-38,40,42-47,49,51-55H2,1-2H3,(H,74,79)/b8-6-,14-12-,20-18-,35-32-,41-39-,50-48+. The number of aliphatic hydroxyl groups excluding tert-OH is 11. The first-order valence-corrected chi connectivity index (χ1v) is 36.2. The van der Waals surface area contributed by atoms with Crippen molar-refractivity contribution in [1.29, 1.82) is 0 Å². The molecule has 0 saturated carbocycles. The third-order valence-electron chi connectivity index (χ3n) is 17.8. The highest BCUT2D eigenvalue weighted by Crippen LogP contribution is 2.33. The van der Waals surface area contributed by atoms with Gasteiger partial charge in [0.25, 0.3) is 0 Å². The molecule has 3 saturated heterocycles. The molecule has 92 heavy (non-hydrogen) atoms. The number of amides is 1. The lowest BCUT2D eigenvalue weighted by atomic mass is 9.96. The molecule has 0 aliphatic carbocycles. The van der Waals surface area contributed by atoms with E-state index in [1.54, 1.807) is 6.08 Å². The molecule has 12 N–H and O–H groups in total. The zero-order chi connectivity index (χ0) is 66.8. The van der Waals surface area contributed by atoms with Crippen LogP contribution in [-0.4, -0.2) is 193 Å². The van der Waals surface area contributed by atoms with Crippen LogP contribution in [0.4, 0.5) is 0 Å². The largest absolute Gasteiger partial charge is 0.394 e. The Bertz CT molecular complexity index is 1950. The molecule has 3 rings (SSSR count). The third-order valence-corrected chi connectivity index (χ3v) is 17.8. The molecular formula is C73H129NO18. The number of hydrogen-bond acceptors (Lipinski definition) is 18. The second-order valence-electron chi connectivity index (χ2n) is 25.7. The van der Waals surface area contributed by atoms with Gasteiger partial charge in [0.05, 0.1) is 38.6 Å². The molecule has 0 spiro atoms. The molecule has 3 aliphatic heterocycles. The normalized spacial score (nSPS) is 28.1. The van der Waals surface area contributed by atoms with E-state index < -0.39 is 124 Å². The number of carbonyl (C=O) groups excluding carboxylic acids is 1. The van der Waals surface area contributed by atoms with Gasteiger partial charge in [-0.05, 0) is 64.2 Å². The Morgan fingerprint density at radius 3 is 1.17 bits per heavy atom. The van der Waals surface area contributed by atoms with Crippen molar-refractivity contribution >= 4 is 5.91 Å². The van der Waals surface area contributed by atoms with Gasteiger partial charge in [-0.25, -0.2) is 0 Å². The minimum absolute atomic E-state index is 0.201. The molecule has 0 aromatic carbocycles. The Labute approximate surface area is 553 Å². The van der Waals surface area contributed by atoms with E-state index in [1.165, 1.54) is 148 Å². The van der Waals surface area contributed by atoms with Crippen LogP contribution in [-0.2, 0) is 33.2 Å². The number of hydrogen-bond donors (Lipinski definition) is 12. The summed E-state index contributed by atoms with van der Waals surface area (Å²) in [5.74, 6) is -0.307. The van der Waals surface area contributed by atoms with Gasteiger partial charge in [-0.15, -0.1) is 0 Å². The number of aliphatic hydroxyl groups is 11. The maximum atomic E-state index is 13.4. The average Bonchev–Trinajstić information content (AvgIpc) is 0.855. The fraction of sp³-hybridized carbons (Fsp3) is 0.822. The van der Waals surface area contributed by atoms with Crippen molar-refractivity contribution in [2.45, 2.75) is 356 Å². The lowest BCUT2D eigenvalue weighted by Crippen LogP contribution is -2.66. The Morgan fingerprint density at radius 2 is 0.750 bits per heavy atom. The van der Waals surface area contributed by atoms with Crippen LogP contribution in [0.1, 0.15) is 251 Å². The summed E-state index contributed by atoms with van der Waals surface area (Å²) in [7, 11) is 0. The summed E-state index contributed by atoms with van der Waals surface area (Å²) in [5, 5.41) is 121. The van der Waals surface area contributed by atoms with Gasteiger partial charge in [0.1, 0.15) is 73.2 Å². The molecule has 3 heterocycles. The summed E-state index contributed by atoms with van der Waals surface area (Å²) in [4.78, 5) is 13.4. The molecule has 0 radical (unpaired) electrons. The summed E-state index contributed by atoms with van der Waals surface area (Å²) in [5.41, 5.74) is 0. The second kappa shape index (κ2) is 54.3. The Kier molecular flexibility index (Phi) is 49.2. The maximum Gasteiger partial charge on any atom is 0.220 e. The van der Waals surface area contributed by atoms with E-state index in [4.69, 9.17) is 28.4 Å². The van der Waals surface area contributed by atoms with Gasteiger partial charge in [0, 0.05) is 6.42 Å². The third kappa shape index (κ3) is 35.5. The summed E-state index contributed by atoms with van der Waals surface area (Å²) in [6.07, 6.45) is 41.7. The van der Waals surface area contributed by atoms with E-state index in [2.05, 4.69) is 79.9 Å². The minimum atomic E-state index is -1.99. The molecule has 1 amide bonds. The van der Waals surface area contributed by atoms with Crippen molar-refractivity contribution in [1.82, 2.24) is 5.32 Å². The van der Waals surface area contributed by atoms with E-state index in [-0.39, 0.29) is 18.9 Å². The van der Waals surface area contributed by atoms with Gasteiger partial charge < -0.3 is 89.9 Å². The molecule has 17 unspecified atom stereocenters. The second-order valence-corrected chi connectivity index (χ2v) is 25.7. The highest BCUT2D eigenvalue weighted by atomic mass is 16.8. The van der Waals surface area contributed by atoms with E-state index in [9.17, 15) is 61.0 Å². The van der Waals surface area contributed by atoms with Crippen LogP contribution in [0.5, 0.6) is 0 Å². The maximum absolute atomic E-state index is 13.4.